The number of amides is 1. The van der Waals surface area contributed by atoms with Gasteiger partial charge in [0.05, 0.1) is 18.5 Å². The lowest BCUT2D eigenvalue weighted by Gasteiger charge is -2.38. The van der Waals surface area contributed by atoms with Crippen LogP contribution in [0, 0.1) is 23.2 Å². The van der Waals surface area contributed by atoms with Crippen molar-refractivity contribution in [1.29, 1.82) is 5.26 Å². The van der Waals surface area contributed by atoms with Gasteiger partial charge in [-0.25, -0.2) is 0 Å². The minimum Gasteiger partial charge on any atom is -0.342 e. The first-order valence-corrected chi connectivity index (χ1v) is 8.03. The molecule has 0 aromatic rings. The summed E-state index contributed by atoms with van der Waals surface area (Å²) in [5.74, 6) is 1.04. The van der Waals surface area contributed by atoms with E-state index in [0.29, 0.717) is 12.5 Å². The second-order valence-electron chi connectivity index (χ2n) is 6.39. The molecule has 2 aliphatic rings. The van der Waals surface area contributed by atoms with Gasteiger partial charge in [-0.3, -0.25) is 9.69 Å². The molecule has 0 aromatic heterocycles. The Balaban J connectivity index is 1.92. The lowest BCUT2D eigenvalue weighted by atomic mass is 9.77. The van der Waals surface area contributed by atoms with E-state index in [9.17, 15) is 10.1 Å². The molecule has 1 aliphatic heterocycles. The minimum absolute atomic E-state index is 0.0918. The fourth-order valence-electron chi connectivity index (χ4n) is 3.64. The molecule has 0 bridgehead atoms. The van der Waals surface area contributed by atoms with Gasteiger partial charge in [0.2, 0.25) is 5.91 Å². The highest BCUT2D eigenvalue weighted by Gasteiger charge is 2.33. The van der Waals surface area contributed by atoms with Gasteiger partial charge in [0.1, 0.15) is 0 Å². The number of likely N-dealkylation sites (tertiary alicyclic amines) is 1. The van der Waals surface area contributed by atoms with E-state index in [1.807, 2.05) is 11.9 Å². The molecule has 0 radical (unpaired) electrons. The molecule has 0 spiro atoms. The molecule has 1 aliphatic carbocycles. The van der Waals surface area contributed by atoms with Crippen LogP contribution in [0.5, 0.6) is 0 Å². The zero-order valence-electron chi connectivity index (χ0n) is 12.8. The van der Waals surface area contributed by atoms with Crippen LogP contribution in [0.4, 0.5) is 0 Å². The number of carbonyl (C=O) groups excluding carboxylic acids is 1. The molecule has 1 amide bonds. The summed E-state index contributed by atoms with van der Waals surface area (Å²) in [6.07, 6.45) is 6.68. The fraction of sp³-hybridized carbons (Fsp3) is 0.875. The Hall–Kier alpha value is -1.08. The minimum atomic E-state index is 0.0918. The molecule has 4 heteroatoms. The first-order chi connectivity index (χ1) is 9.65. The highest BCUT2D eigenvalue weighted by atomic mass is 16.2. The van der Waals surface area contributed by atoms with E-state index in [2.05, 4.69) is 17.9 Å². The van der Waals surface area contributed by atoms with Crippen LogP contribution in [-0.2, 0) is 4.79 Å². The lowest BCUT2D eigenvalue weighted by Crippen LogP contribution is -2.46. The molecule has 3 atom stereocenters. The third-order valence-electron chi connectivity index (χ3n) is 5.08. The predicted octanol–water partition coefficient (Wildman–Crippen LogP) is 2.26. The molecule has 1 heterocycles. The van der Waals surface area contributed by atoms with Gasteiger partial charge in [-0.2, -0.15) is 5.26 Å². The van der Waals surface area contributed by atoms with E-state index in [0.717, 1.165) is 38.8 Å². The fourth-order valence-corrected chi connectivity index (χ4v) is 3.64. The Morgan fingerprint density at radius 1 is 1.35 bits per heavy atom. The smallest absolute Gasteiger partial charge is 0.236 e. The van der Waals surface area contributed by atoms with E-state index in [-0.39, 0.29) is 17.9 Å². The largest absolute Gasteiger partial charge is 0.342 e. The second-order valence-corrected chi connectivity index (χ2v) is 6.39. The number of carbonyl (C=O) groups is 1. The van der Waals surface area contributed by atoms with Gasteiger partial charge < -0.3 is 4.90 Å². The molecule has 1 saturated carbocycles. The van der Waals surface area contributed by atoms with Gasteiger partial charge >= 0.3 is 0 Å². The number of nitriles is 1. The Labute approximate surface area is 122 Å². The summed E-state index contributed by atoms with van der Waals surface area (Å²) < 4.78 is 0. The summed E-state index contributed by atoms with van der Waals surface area (Å²) in [5, 5.41) is 9.34. The maximum Gasteiger partial charge on any atom is 0.236 e. The number of hydrogen-bond donors (Lipinski definition) is 0. The maximum atomic E-state index is 12.2. The van der Waals surface area contributed by atoms with E-state index in [4.69, 9.17) is 0 Å². The third-order valence-corrected chi connectivity index (χ3v) is 5.08. The third kappa shape index (κ3) is 3.52. The molecular formula is C16H27N3O. The summed E-state index contributed by atoms with van der Waals surface area (Å²) in [7, 11) is 2.01. The Morgan fingerprint density at radius 3 is 2.65 bits per heavy atom. The van der Waals surface area contributed by atoms with Crippen LogP contribution in [0.3, 0.4) is 0 Å². The van der Waals surface area contributed by atoms with E-state index < -0.39 is 0 Å². The van der Waals surface area contributed by atoms with Crippen LogP contribution in [0.25, 0.3) is 0 Å². The van der Waals surface area contributed by atoms with Crippen molar-refractivity contribution in [2.75, 3.05) is 26.7 Å². The van der Waals surface area contributed by atoms with Crippen molar-refractivity contribution in [2.24, 2.45) is 11.8 Å². The Bertz CT molecular complexity index is 370. The first kappa shape index (κ1) is 15.3. The van der Waals surface area contributed by atoms with Crippen LogP contribution in [0.2, 0.25) is 0 Å². The SMILES string of the molecule is CCC1CCC(C#N)C(N(C)CC(=O)N2CCCC2)C1. The average Bonchev–Trinajstić information content (AvgIpc) is 3.00. The van der Waals surface area contributed by atoms with Crippen molar-refractivity contribution >= 4 is 5.91 Å². The van der Waals surface area contributed by atoms with E-state index >= 15 is 0 Å². The average molecular weight is 277 g/mol. The van der Waals surface area contributed by atoms with Crippen molar-refractivity contribution < 1.29 is 4.79 Å². The molecule has 2 fully saturated rings. The topological polar surface area (TPSA) is 47.3 Å². The molecular weight excluding hydrogens is 250 g/mol. The highest BCUT2D eigenvalue weighted by Crippen LogP contribution is 2.33. The zero-order chi connectivity index (χ0) is 14.5. The maximum absolute atomic E-state index is 12.2. The van der Waals surface area contributed by atoms with Crippen LogP contribution in [0.15, 0.2) is 0 Å². The Kier molecular flexibility index (Phi) is 5.42. The standard InChI is InChI=1S/C16H27N3O/c1-3-13-6-7-14(11-17)15(10-13)18(2)12-16(20)19-8-4-5-9-19/h13-15H,3-10,12H2,1-2H3. The predicted molar refractivity (Wildman–Crippen MR) is 79.0 cm³/mol. The van der Waals surface area contributed by atoms with Crippen LogP contribution in [0.1, 0.15) is 45.4 Å². The molecule has 3 unspecified atom stereocenters. The van der Waals surface area contributed by atoms with Crippen molar-refractivity contribution in [2.45, 2.75) is 51.5 Å². The summed E-state index contributed by atoms with van der Waals surface area (Å²) >= 11 is 0. The van der Waals surface area contributed by atoms with Crippen molar-refractivity contribution in [3.8, 4) is 6.07 Å². The number of likely N-dealkylation sites (N-methyl/N-ethyl adjacent to an activating group) is 1. The van der Waals surface area contributed by atoms with Gasteiger partial charge in [-0.1, -0.05) is 13.3 Å². The first-order valence-electron chi connectivity index (χ1n) is 8.03. The number of hydrogen-bond acceptors (Lipinski definition) is 3. The summed E-state index contributed by atoms with van der Waals surface area (Å²) in [4.78, 5) is 16.4. The second kappa shape index (κ2) is 7.08. The molecule has 4 nitrogen and oxygen atoms in total. The number of rotatable bonds is 4. The van der Waals surface area contributed by atoms with Gasteiger partial charge in [0, 0.05) is 19.1 Å². The molecule has 20 heavy (non-hydrogen) atoms. The molecule has 1 saturated heterocycles. The van der Waals surface area contributed by atoms with Crippen molar-refractivity contribution in [3.05, 3.63) is 0 Å². The van der Waals surface area contributed by atoms with Crippen LogP contribution >= 0.6 is 0 Å². The molecule has 2 rings (SSSR count). The van der Waals surface area contributed by atoms with Gasteiger partial charge in [-0.15, -0.1) is 0 Å². The summed E-state index contributed by atoms with van der Waals surface area (Å²) in [6.45, 7) is 4.52. The van der Waals surface area contributed by atoms with Crippen LogP contribution < -0.4 is 0 Å². The van der Waals surface area contributed by atoms with Crippen molar-refractivity contribution in [3.63, 3.8) is 0 Å². The summed E-state index contributed by atoms with van der Waals surface area (Å²) in [5.41, 5.74) is 0. The Morgan fingerprint density at radius 2 is 2.05 bits per heavy atom. The van der Waals surface area contributed by atoms with E-state index in [1.165, 1.54) is 12.8 Å². The number of nitrogens with zero attached hydrogens (tertiary/aromatic N) is 3. The lowest BCUT2D eigenvalue weighted by molar-refractivity contribution is -0.131. The molecule has 0 N–H and O–H groups in total. The normalized spacial score (nSPS) is 30.5. The van der Waals surface area contributed by atoms with Crippen molar-refractivity contribution in [1.82, 2.24) is 9.80 Å². The highest BCUT2D eigenvalue weighted by molar-refractivity contribution is 5.78. The molecule has 0 aromatic carbocycles. The van der Waals surface area contributed by atoms with E-state index in [1.54, 1.807) is 0 Å². The van der Waals surface area contributed by atoms with Crippen LogP contribution in [-0.4, -0.2) is 48.4 Å². The monoisotopic (exact) mass is 277 g/mol. The zero-order valence-corrected chi connectivity index (χ0v) is 12.8. The van der Waals surface area contributed by atoms with Gasteiger partial charge in [-0.05, 0) is 45.1 Å². The van der Waals surface area contributed by atoms with Gasteiger partial charge in [0.25, 0.3) is 0 Å². The molecule has 112 valence electrons. The quantitative estimate of drug-likeness (QED) is 0.792. The van der Waals surface area contributed by atoms with Gasteiger partial charge in [0.15, 0.2) is 0 Å². The summed E-state index contributed by atoms with van der Waals surface area (Å²) in [6, 6.07) is 2.71.